The van der Waals surface area contributed by atoms with E-state index in [9.17, 15) is 4.79 Å². The Hall–Kier alpha value is -1.81. The van der Waals surface area contributed by atoms with Gasteiger partial charge in [-0.05, 0) is 36.6 Å². The van der Waals surface area contributed by atoms with Gasteiger partial charge in [-0.1, -0.05) is 36.0 Å². The van der Waals surface area contributed by atoms with Crippen LogP contribution in [0, 0.1) is 0 Å². The van der Waals surface area contributed by atoms with Crippen LogP contribution >= 0.6 is 11.8 Å². The van der Waals surface area contributed by atoms with Gasteiger partial charge < -0.3 is 4.90 Å². The molecule has 0 saturated carbocycles. The molecule has 1 aromatic carbocycles. The zero-order valence-electron chi connectivity index (χ0n) is 12.0. The Labute approximate surface area is 129 Å². The Bertz CT molecular complexity index is 612. The number of aromatic nitrogens is 1. The largest absolute Gasteiger partial charge is 0.336 e. The average Bonchev–Trinajstić information content (AvgIpc) is 2.99. The molecule has 0 aliphatic carbocycles. The van der Waals surface area contributed by atoms with Crippen molar-refractivity contribution in [2.45, 2.75) is 35.7 Å². The number of hydrogen-bond donors (Lipinski definition) is 0. The van der Waals surface area contributed by atoms with Gasteiger partial charge in [-0.3, -0.25) is 4.79 Å². The van der Waals surface area contributed by atoms with Crippen LogP contribution in [0.5, 0.6) is 0 Å². The van der Waals surface area contributed by atoms with Gasteiger partial charge in [-0.15, -0.1) is 0 Å². The maximum Gasteiger partial charge on any atom is 0.219 e. The summed E-state index contributed by atoms with van der Waals surface area (Å²) < 4.78 is 0. The van der Waals surface area contributed by atoms with Crippen LogP contribution in [0.25, 0.3) is 0 Å². The molecule has 1 saturated heterocycles. The first-order valence-electron chi connectivity index (χ1n) is 7.20. The molecular formula is C17H18N2OS. The molecule has 3 rings (SSSR count). The second kappa shape index (κ2) is 6.31. The molecule has 1 atom stereocenters. The smallest absolute Gasteiger partial charge is 0.219 e. The first-order chi connectivity index (χ1) is 10.2. The molecule has 1 fully saturated rings. The fraction of sp³-hybridized carbons (Fsp3) is 0.294. The Morgan fingerprint density at radius 1 is 1.24 bits per heavy atom. The van der Waals surface area contributed by atoms with Gasteiger partial charge in [-0.2, -0.15) is 0 Å². The summed E-state index contributed by atoms with van der Waals surface area (Å²) in [5.74, 6) is 0.153. The van der Waals surface area contributed by atoms with Crippen LogP contribution in [0.4, 0.5) is 0 Å². The molecule has 0 spiro atoms. The fourth-order valence-electron chi connectivity index (χ4n) is 2.75. The third kappa shape index (κ3) is 3.27. The Morgan fingerprint density at radius 3 is 2.71 bits per heavy atom. The summed E-state index contributed by atoms with van der Waals surface area (Å²) in [5.41, 5.74) is 1.14. The second-order valence-electron chi connectivity index (χ2n) is 5.22. The maximum atomic E-state index is 11.6. The van der Waals surface area contributed by atoms with Crippen molar-refractivity contribution >= 4 is 17.7 Å². The second-order valence-corrected chi connectivity index (χ2v) is 6.31. The maximum absolute atomic E-state index is 11.6. The molecular weight excluding hydrogens is 280 g/mol. The van der Waals surface area contributed by atoms with Crippen LogP contribution in [0.2, 0.25) is 0 Å². The van der Waals surface area contributed by atoms with Crippen molar-refractivity contribution in [3.63, 3.8) is 0 Å². The van der Waals surface area contributed by atoms with Crippen molar-refractivity contribution in [1.29, 1.82) is 0 Å². The van der Waals surface area contributed by atoms with Crippen molar-refractivity contribution in [1.82, 2.24) is 9.88 Å². The number of amides is 1. The number of benzene rings is 1. The third-order valence-corrected chi connectivity index (χ3v) is 4.73. The number of nitrogens with zero attached hydrogens (tertiary/aromatic N) is 2. The number of carbonyl (C=O) groups is 1. The van der Waals surface area contributed by atoms with E-state index in [1.54, 1.807) is 18.7 Å². The van der Waals surface area contributed by atoms with Crippen LogP contribution in [0.15, 0.2) is 58.6 Å². The molecule has 3 nitrogen and oxygen atoms in total. The van der Waals surface area contributed by atoms with E-state index in [1.807, 2.05) is 35.4 Å². The molecule has 1 aromatic heterocycles. The lowest BCUT2D eigenvalue weighted by Gasteiger charge is -2.23. The highest BCUT2D eigenvalue weighted by atomic mass is 32.2. The Balaban J connectivity index is 1.73. The van der Waals surface area contributed by atoms with E-state index in [0.29, 0.717) is 0 Å². The summed E-state index contributed by atoms with van der Waals surface area (Å²) in [6, 6.07) is 14.6. The first-order valence-corrected chi connectivity index (χ1v) is 8.02. The topological polar surface area (TPSA) is 33.2 Å². The van der Waals surface area contributed by atoms with E-state index in [0.717, 1.165) is 30.0 Å². The SMILES string of the molecule is CC(=O)N1CCC[C@H]1c1ccc(Sc2ccccc2)nc1. The quantitative estimate of drug-likeness (QED) is 0.861. The lowest BCUT2D eigenvalue weighted by molar-refractivity contribution is -0.129. The van der Waals surface area contributed by atoms with Crippen molar-refractivity contribution in [3.05, 3.63) is 54.2 Å². The van der Waals surface area contributed by atoms with Gasteiger partial charge in [0.05, 0.1) is 6.04 Å². The lowest BCUT2D eigenvalue weighted by Crippen LogP contribution is -2.28. The number of rotatable bonds is 3. The van der Waals surface area contributed by atoms with E-state index in [2.05, 4.69) is 23.2 Å². The number of hydrogen-bond acceptors (Lipinski definition) is 3. The Morgan fingerprint density at radius 2 is 2.05 bits per heavy atom. The van der Waals surface area contributed by atoms with Gasteiger partial charge in [0.2, 0.25) is 5.91 Å². The zero-order valence-corrected chi connectivity index (χ0v) is 12.8. The minimum atomic E-state index is 0.153. The molecule has 1 aliphatic rings. The molecule has 0 N–H and O–H groups in total. The minimum Gasteiger partial charge on any atom is -0.336 e. The summed E-state index contributed by atoms with van der Waals surface area (Å²) >= 11 is 1.65. The van der Waals surface area contributed by atoms with Crippen molar-refractivity contribution < 1.29 is 4.79 Å². The normalized spacial score (nSPS) is 18.0. The van der Waals surface area contributed by atoms with Crippen LogP contribution in [0.1, 0.15) is 31.4 Å². The molecule has 1 amide bonds. The minimum absolute atomic E-state index is 0.153. The summed E-state index contributed by atoms with van der Waals surface area (Å²) in [5, 5.41) is 0.984. The predicted molar refractivity (Wildman–Crippen MR) is 84.2 cm³/mol. The number of likely N-dealkylation sites (tertiary alicyclic amines) is 1. The summed E-state index contributed by atoms with van der Waals surface area (Å²) in [4.78, 5) is 19.3. The van der Waals surface area contributed by atoms with E-state index in [1.165, 1.54) is 4.90 Å². The Kier molecular flexibility index (Phi) is 4.25. The molecule has 21 heavy (non-hydrogen) atoms. The summed E-state index contributed by atoms with van der Waals surface area (Å²) in [7, 11) is 0. The van der Waals surface area contributed by atoms with Crippen molar-refractivity contribution in [3.8, 4) is 0 Å². The summed E-state index contributed by atoms with van der Waals surface area (Å²) in [6.07, 6.45) is 4.02. The highest BCUT2D eigenvalue weighted by Crippen LogP contribution is 2.33. The molecule has 2 aromatic rings. The van der Waals surface area contributed by atoms with E-state index >= 15 is 0 Å². The predicted octanol–water partition coefficient (Wildman–Crippen LogP) is 3.92. The van der Waals surface area contributed by atoms with Crippen molar-refractivity contribution in [2.24, 2.45) is 0 Å². The third-order valence-electron chi connectivity index (χ3n) is 3.77. The number of carbonyl (C=O) groups excluding carboxylic acids is 1. The highest BCUT2D eigenvalue weighted by Gasteiger charge is 2.27. The molecule has 108 valence electrons. The molecule has 1 aliphatic heterocycles. The van der Waals surface area contributed by atoms with E-state index in [-0.39, 0.29) is 11.9 Å². The lowest BCUT2D eigenvalue weighted by atomic mass is 10.1. The van der Waals surface area contributed by atoms with Gasteiger partial charge in [0.25, 0.3) is 0 Å². The molecule has 0 unspecified atom stereocenters. The average molecular weight is 298 g/mol. The molecule has 4 heteroatoms. The van der Waals surface area contributed by atoms with Crippen LogP contribution in [-0.4, -0.2) is 22.3 Å². The van der Waals surface area contributed by atoms with Crippen LogP contribution in [-0.2, 0) is 4.79 Å². The van der Waals surface area contributed by atoms with Gasteiger partial charge >= 0.3 is 0 Å². The van der Waals surface area contributed by atoms with Crippen LogP contribution in [0.3, 0.4) is 0 Å². The summed E-state index contributed by atoms with van der Waals surface area (Å²) in [6.45, 7) is 2.51. The number of pyridine rings is 1. The fourth-order valence-corrected chi connectivity index (χ4v) is 3.52. The van der Waals surface area contributed by atoms with Gasteiger partial charge in [0.15, 0.2) is 0 Å². The van der Waals surface area contributed by atoms with Crippen LogP contribution < -0.4 is 0 Å². The molecule has 2 heterocycles. The molecule has 0 bridgehead atoms. The zero-order chi connectivity index (χ0) is 14.7. The van der Waals surface area contributed by atoms with Gasteiger partial charge in [0, 0.05) is 24.6 Å². The van der Waals surface area contributed by atoms with Gasteiger partial charge in [0.1, 0.15) is 5.03 Å². The monoisotopic (exact) mass is 298 g/mol. The highest BCUT2D eigenvalue weighted by molar-refractivity contribution is 7.99. The van der Waals surface area contributed by atoms with Gasteiger partial charge in [-0.25, -0.2) is 4.98 Å². The van der Waals surface area contributed by atoms with E-state index in [4.69, 9.17) is 0 Å². The first kappa shape index (κ1) is 14.1. The molecule has 0 radical (unpaired) electrons. The van der Waals surface area contributed by atoms with E-state index < -0.39 is 0 Å². The standard InChI is InChI=1S/C17H18N2OS/c1-13(20)19-11-5-8-16(19)14-9-10-17(18-12-14)21-15-6-3-2-4-7-15/h2-4,6-7,9-10,12,16H,5,8,11H2,1H3/t16-/m0/s1. The van der Waals surface area contributed by atoms with Crippen molar-refractivity contribution in [2.75, 3.05) is 6.54 Å².